The van der Waals surface area contributed by atoms with Crippen LogP contribution in [0, 0.1) is 6.92 Å². The number of alkyl carbamates (subject to hydrolysis) is 1. The molecule has 4 aromatic rings. The summed E-state index contributed by atoms with van der Waals surface area (Å²) >= 11 is 0. The maximum Gasteiger partial charge on any atom is 0.407 e. The highest BCUT2D eigenvalue weighted by Crippen LogP contribution is 2.19. The number of aromatic nitrogens is 4. The Labute approximate surface area is 174 Å². The van der Waals surface area contributed by atoms with E-state index in [2.05, 4.69) is 42.6 Å². The molecule has 8 nitrogen and oxygen atoms in total. The zero-order valence-electron chi connectivity index (χ0n) is 17.3. The molecule has 1 aromatic carbocycles. The highest BCUT2D eigenvalue weighted by molar-refractivity contribution is 5.85. The molecule has 8 heteroatoms. The monoisotopic (exact) mass is 406 g/mol. The van der Waals surface area contributed by atoms with Crippen LogP contribution >= 0.6 is 0 Å². The number of anilines is 1. The van der Waals surface area contributed by atoms with Gasteiger partial charge < -0.3 is 24.9 Å². The van der Waals surface area contributed by atoms with Crippen LogP contribution < -0.4 is 11.1 Å². The van der Waals surface area contributed by atoms with Crippen LogP contribution in [0.15, 0.2) is 42.9 Å². The maximum absolute atomic E-state index is 12.0. The van der Waals surface area contributed by atoms with Crippen molar-refractivity contribution in [2.75, 3.05) is 12.3 Å². The summed E-state index contributed by atoms with van der Waals surface area (Å²) in [7, 11) is 2.01. The number of fused-ring (bicyclic) bond motifs is 2. The van der Waals surface area contributed by atoms with Gasteiger partial charge in [0.05, 0.1) is 18.5 Å². The molecule has 0 fully saturated rings. The summed E-state index contributed by atoms with van der Waals surface area (Å²) in [5, 5.41) is 3.99. The number of benzene rings is 1. The average Bonchev–Trinajstić information content (AvgIpc) is 3.30. The number of rotatable bonds is 7. The number of pyridine rings is 1. The zero-order chi connectivity index (χ0) is 21.1. The van der Waals surface area contributed by atoms with E-state index in [1.54, 1.807) is 6.33 Å². The highest BCUT2D eigenvalue weighted by Gasteiger charge is 2.08. The van der Waals surface area contributed by atoms with Gasteiger partial charge in [0.15, 0.2) is 5.82 Å². The first-order valence-electron chi connectivity index (χ1n) is 10.0. The van der Waals surface area contributed by atoms with Crippen LogP contribution in [0.3, 0.4) is 0 Å². The van der Waals surface area contributed by atoms with E-state index in [0.717, 1.165) is 47.2 Å². The predicted octanol–water partition coefficient (Wildman–Crippen LogP) is 3.52. The van der Waals surface area contributed by atoms with Crippen molar-refractivity contribution in [1.82, 2.24) is 24.4 Å². The number of unbranched alkanes of at least 4 members (excludes halogenated alkanes) is 1. The summed E-state index contributed by atoms with van der Waals surface area (Å²) in [6.07, 6.45) is 5.03. The Morgan fingerprint density at radius 2 is 2.07 bits per heavy atom. The number of nitrogens with zero attached hydrogens (tertiary/aromatic N) is 4. The van der Waals surface area contributed by atoms with E-state index in [1.165, 1.54) is 5.39 Å². The van der Waals surface area contributed by atoms with Crippen molar-refractivity contribution in [2.45, 2.75) is 32.9 Å². The molecule has 30 heavy (non-hydrogen) atoms. The van der Waals surface area contributed by atoms with Gasteiger partial charge in [-0.05, 0) is 48.9 Å². The third-order valence-electron chi connectivity index (χ3n) is 5.18. The van der Waals surface area contributed by atoms with Crippen molar-refractivity contribution >= 4 is 33.8 Å². The number of aryl methyl sites for hydroxylation is 3. The van der Waals surface area contributed by atoms with Crippen LogP contribution in [0.2, 0.25) is 0 Å². The van der Waals surface area contributed by atoms with Gasteiger partial charge in [-0.25, -0.2) is 14.8 Å². The van der Waals surface area contributed by atoms with Crippen molar-refractivity contribution in [3.8, 4) is 0 Å². The second-order valence-electron chi connectivity index (χ2n) is 7.47. The van der Waals surface area contributed by atoms with Crippen LogP contribution in [0.4, 0.5) is 10.6 Å². The van der Waals surface area contributed by atoms with Crippen LogP contribution in [-0.2, 0) is 24.9 Å². The number of hydrogen-bond donors (Lipinski definition) is 2. The molecule has 1 amide bonds. The average molecular weight is 406 g/mol. The van der Waals surface area contributed by atoms with Gasteiger partial charge >= 0.3 is 6.09 Å². The molecular weight excluding hydrogens is 380 g/mol. The summed E-state index contributed by atoms with van der Waals surface area (Å²) in [6, 6.07) is 10.2. The molecule has 4 rings (SSSR count). The number of nitrogens with one attached hydrogen (secondary N) is 1. The van der Waals surface area contributed by atoms with Crippen molar-refractivity contribution in [1.29, 1.82) is 0 Å². The number of nitrogen functional groups attached to an aromatic ring is 1. The Kier molecular flexibility index (Phi) is 5.56. The van der Waals surface area contributed by atoms with E-state index in [4.69, 9.17) is 10.5 Å². The number of ether oxygens (including phenoxy) is 1. The Morgan fingerprint density at radius 3 is 2.93 bits per heavy atom. The number of amides is 1. The minimum Gasteiger partial charge on any atom is -0.450 e. The van der Waals surface area contributed by atoms with Crippen molar-refractivity contribution < 1.29 is 9.53 Å². The lowest BCUT2D eigenvalue weighted by molar-refractivity contribution is 0.143. The summed E-state index contributed by atoms with van der Waals surface area (Å²) < 4.78 is 9.41. The molecular formula is C22H26N6O2. The van der Waals surface area contributed by atoms with E-state index in [0.29, 0.717) is 19.0 Å². The highest BCUT2D eigenvalue weighted by atomic mass is 16.5. The molecule has 0 spiro atoms. The molecule has 0 aliphatic rings. The van der Waals surface area contributed by atoms with Crippen molar-refractivity contribution in [3.63, 3.8) is 0 Å². The van der Waals surface area contributed by atoms with Crippen LogP contribution in [0.1, 0.15) is 24.1 Å². The van der Waals surface area contributed by atoms with E-state index in [-0.39, 0.29) is 0 Å². The molecule has 3 aromatic heterocycles. The number of carbonyl (C=O) groups is 1. The second kappa shape index (κ2) is 8.44. The minimum absolute atomic E-state index is 0.373. The Bertz CT molecular complexity index is 1190. The fraction of sp³-hybridized carbons (Fsp3) is 0.318. The van der Waals surface area contributed by atoms with Gasteiger partial charge in [-0.3, -0.25) is 0 Å². The topological polar surface area (TPSA) is 100.0 Å². The molecule has 0 saturated carbocycles. The summed E-state index contributed by atoms with van der Waals surface area (Å²) in [5.41, 5.74) is 10.7. The number of imidazole rings is 1. The summed E-state index contributed by atoms with van der Waals surface area (Å²) in [5.74, 6) is 0.454. The third-order valence-corrected chi connectivity index (χ3v) is 5.18. The minimum atomic E-state index is -0.399. The lowest BCUT2D eigenvalue weighted by atomic mass is 10.1. The smallest absolute Gasteiger partial charge is 0.407 e. The molecule has 0 bridgehead atoms. The first kappa shape index (κ1) is 19.8. The second-order valence-corrected chi connectivity index (χ2v) is 7.47. The first-order valence-corrected chi connectivity index (χ1v) is 10.0. The molecule has 3 N–H and O–H groups in total. The Balaban J connectivity index is 1.20. The normalized spacial score (nSPS) is 11.3. The molecule has 3 heterocycles. The Hall–Kier alpha value is -3.55. The van der Waals surface area contributed by atoms with Gasteiger partial charge in [0, 0.05) is 37.5 Å². The molecule has 0 aliphatic carbocycles. The van der Waals surface area contributed by atoms with Gasteiger partial charge in [-0.15, -0.1) is 0 Å². The number of carbonyl (C=O) groups excluding carboxylic acids is 1. The molecule has 0 aliphatic heterocycles. The first-order chi connectivity index (χ1) is 14.5. The lowest BCUT2D eigenvalue weighted by Crippen LogP contribution is -2.24. The number of hydrogen-bond acceptors (Lipinski definition) is 5. The SMILES string of the molecule is Cc1cc2c(ncn2CCCCOC(=O)NCc2ccc3ccn(C)c3c2)c(N)n1. The fourth-order valence-electron chi connectivity index (χ4n) is 3.58. The maximum atomic E-state index is 12.0. The van der Waals surface area contributed by atoms with Crippen LogP contribution in [0.5, 0.6) is 0 Å². The quantitative estimate of drug-likeness (QED) is 0.458. The van der Waals surface area contributed by atoms with Crippen LogP contribution in [0.25, 0.3) is 21.9 Å². The van der Waals surface area contributed by atoms with Gasteiger partial charge in [-0.1, -0.05) is 12.1 Å². The largest absolute Gasteiger partial charge is 0.450 e. The zero-order valence-corrected chi connectivity index (χ0v) is 17.3. The van der Waals surface area contributed by atoms with Gasteiger partial charge in [0.2, 0.25) is 0 Å². The molecule has 156 valence electrons. The standard InChI is InChI=1S/C22H26N6O2/c1-15-11-19-20(21(23)26-15)25-14-28(19)8-3-4-10-30-22(29)24-13-16-5-6-17-7-9-27(2)18(17)12-16/h5-7,9,11-12,14H,3-4,8,10,13H2,1-2H3,(H2,23,26)(H,24,29). The predicted molar refractivity (Wildman–Crippen MR) is 117 cm³/mol. The van der Waals surface area contributed by atoms with E-state index in [1.807, 2.05) is 32.3 Å². The van der Waals surface area contributed by atoms with E-state index < -0.39 is 6.09 Å². The van der Waals surface area contributed by atoms with E-state index >= 15 is 0 Å². The summed E-state index contributed by atoms with van der Waals surface area (Å²) in [6.45, 7) is 3.51. The summed E-state index contributed by atoms with van der Waals surface area (Å²) in [4.78, 5) is 20.5. The third kappa shape index (κ3) is 4.22. The number of nitrogens with two attached hydrogens (primary N) is 1. The molecule has 0 radical (unpaired) electrons. The van der Waals surface area contributed by atoms with Crippen molar-refractivity contribution in [2.24, 2.45) is 7.05 Å². The van der Waals surface area contributed by atoms with Gasteiger partial charge in [0.1, 0.15) is 5.52 Å². The molecule has 0 unspecified atom stereocenters. The Morgan fingerprint density at radius 1 is 1.20 bits per heavy atom. The van der Waals surface area contributed by atoms with Gasteiger partial charge in [0.25, 0.3) is 0 Å². The van der Waals surface area contributed by atoms with E-state index in [9.17, 15) is 4.79 Å². The van der Waals surface area contributed by atoms with Crippen molar-refractivity contribution in [3.05, 3.63) is 54.1 Å². The van der Waals surface area contributed by atoms with Crippen LogP contribution in [-0.4, -0.2) is 31.8 Å². The van der Waals surface area contributed by atoms with Gasteiger partial charge in [-0.2, -0.15) is 0 Å². The lowest BCUT2D eigenvalue weighted by Gasteiger charge is -2.08. The molecule has 0 saturated heterocycles. The fourth-order valence-corrected chi connectivity index (χ4v) is 3.58. The molecule has 0 atom stereocenters.